The fourth-order valence-electron chi connectivity index (χ4n) is 2.83. The van der Waals surface area contributed by atoms with Gasteiger partial charge in [0.1, 0.15) is 5.75 Å². The minimum Gasteiger partial charge on any atom is -0.497 e. The number of benzene rings is 2. The van der Waals surface area contributed by atoms with Crippen molar-refractivity contribution in [2.45, 2.75) is 20.8 Å². The van der Waals surface area contributed by atoms with Crippen LogP contribution in [0.3, 0.4) is 0 Å². The summed E-state index contributed by atoms with van der Waals surface area (Å²) >= 11 is 0. The van der Waals surface area contributed by atoms with E-state index in [1.54, 1.807) is 43.5 Å². The minimum atomic E-state index is -0.392. The summed E-state index contributed by atoms with van der Waals surface area (Å²) in [5.41, 5.74) is 2.23. The third kappa shape index (κ3) is 7.24. The van der Waals surface area contributed by atoms with E-state index in [1.165, 1.54) is 4.90 Å². The molecule has 7 heteroatoms. The number of rotatable bonds is 9. The predicted octanol–water partition coefficient (Wildman–Crippen LogP) is 2.86. The average molecular weight is 412 g/mol. The summed E-state index contributed by atoms with van der Waals surface area (Å²) in [6.07, 6.45) is 0. The number of carbonyl (C=O) groups excluding carboxylic acids is 3. The molecule has 7 nitrogen and oxygen atoms in total. The summed E-state index contributed by atoms with van der Waals surface area (Å²) in [5.74, 6) is -0.129. The van der Waals surface area contributed by atoms with Crippen LogP contribution in [0.15, 0.2) is 48.5 Å². The molecule has 2 N–H and O–H groups in total. The predicted molar refractivity (Wildman–Crippen MR) is 117 cm³/mol. The lowest BCUT2D eigenvalue weighted by atomic mass is 10.1. The van der Waals surface area contributed by atoms with Gasteiger partial charge in [0.25, 0.3) is 5.91 Å². The molecule has 2 aromatic rings. The third-order valence-corrected chi connectivity index (χ3v) is 4.33. The van der Waals surface area contributed by atoms with Gasteiger partial charge in [0, 0.05) is 17.8 Å². The van der Waals surface area contributed by atoms with Crippen LogP contribution >= 0.6 is 0 Å². The van der Waals surface area contributed by atoms with E-state index in [-0.39, 0.29) is 30.8 Å². The summed E-state index contributed by atoms with van der Waals surface area (Å²) in [4.78, 5) is 38.8. The van der Waals surface area contributed by atoms with Gasteiger partial charge in [0.2, 0.25) is 11.8 Å². The van der Waals surface area contributed by atoms with E-state index < -0.39 is 5.91 Å². The molecular formula is C23H29N3O4. The van der Waals surface area contributed by atoms with Gasteiger partial charge in [-0.15, -0.1) is 0 Å². The zero-order valence-electron chi connectivity index (χ0n) is 17.9. The molecule has 160 valence electrons. The molecule has 0 aliphatic rings. The maximum absolute atomic E-state index is 12.8. The average Bonchev–Trinajstić information content (AvgIpc) is 2.72. The van der Waals surface area contributed by atoms with Crippen molar-refractivity contribution in [3.63, 3.8) is 0 Å². The van der Waals surface area contributed by atoms with Gasteiger partial charge in [-0.3, -0.25) is 14.4 Å². The number of hydrogen-bond donors (Lipinski definition) is 2. The Morgan fingerprint density at radius 3 is 2.17 bits per heavy atom. The molecule has 30 heavy (non-hydrogen) atoms. The van der Waals surface area contributed by atoms with Crippen LogP contribution in [0, 0.1) is 12.8 Å². The first kappa shape index (κ1) is 22.9. The molecule has 0 atom stereocenters. The standard InChI is InChI=1S/C23H29N3O4/c1-16(2)14-26(23(29)18-7-11-20(30-4)12-8-18)15-22(28)24-13-21(27)25-19-9-5-17(3)6-10-19/h5-12,16H,13-15H2,1-4H3,(H,24,28)(H,25,27). The molecule has 2 aromatic carbocycles. The number of methoxy groups -OCH3 is 1. The van der Waals surface area contributed by atoms with Gasteiger partial charge in [-0.2, -0.15) is 0 Å². The van der Waals surface area contributed by atoms with Crippen molar-refractivity contribution in [2.75, 3.05) is 32.1 Å². The molecule has 0 fully saturated rings. The summed E-state index contributed by atoms with van der Waals surface area (Å²) in [6.45, 7) is 6.04. The molecule has 0 heterocycles. The molecule has 3 amide bonds. The highest BCUT2D eigenvalue weighted by Gasteiger charge is 2.20. The van der Waals surface area contributed by atoms with Gasteiger partial charge in [0.05, 0.1) is 20.2 Å². The summed E-state index contributed by atoms with van der Waals surface area (Å²) in [6, 6.07) is 14.1. The minimum absolute atomic E-state index is 0.124. The number of nitrogens with one attached hydrogen (secondary N) is 2. The van der Waals surface area contributed by atoms with Crippen molar-refractivity contribution in [3.8, 4) is 5.75 Å². The van der Waals surface area contributed by atoms with E-state index in [0.29, 0.717) is 23.5 Å². The normalized spacial score (nSPS) is 10.4. The maximum atomic E-state index is 12.8. The zero-order valence-corrected chi connectivity index (χ0v) is 17.9. The molecule has 0 spiro atoms. The van der Waals surface area contributed by atoms with E-state index in [4.69, 9.17) is 4.74 Å². The Bertz CT molecular complexity index is 861. The van der Waals surface area contributed by atoms with Crippen LogP contribution in [-0.2, 0) is 9.59 Å². The fourth-order valence-corrected chi connectivity index (χ4v) is 2.83. The number of hydrogen-bond acceptors (Lipinski definition) is 4. The SMILES string of the molecule is COc1ccc(C(=O)N(CC(=O)NCC(=O)Nc2ccc(C)cc2)CC(C)C)cc1. The monoisotopic (exact) mass is 411 g/mol. The second-order valence-corrected chi connectivity index (χ2v) is 7.50. The van der Waals surface area contributed by atoms with Crippen molar-refractivity contribution in [2.24, 2.45) is 5.92 Å². The molecule has 0 aliphatic carbocycles. The molecule has 0 saturated heterocycles. The molecule has 2 rings (SSSR count). The lowest BCUT2D eigenvalue weighted by molar-refractivity contribution is -0.124. The Hall–Kier alpha value is -3.35. The summed E-state index contributed by atoms with van der Waals surface area (Å²) < 4.78 is 5.11. The first-order chi connectivity index (χ1) is 14.3. The fraction of sp³-hybridized carbons (Fsp3) is 0.348. The summed E-state index contributed by atoms with van der Waals surface area (Å²) in [7, 11) is 1.56. The van der Waals surface area contributed by atoms with Gasteiger partial charge in [-0.1, -0.05) is 31.5 Å². The number of amides is 3. The Morgan fingerprint density at radius 1 is 0.967 bits per heavy atom. The van der Waals surface area contributed by atoms with E-state index in [0.717, 1.165) is 5.56 Å². The number of carbonyl (C=O) groups is 3. The smallest absolute Gasteiger partial charge is 0.254 e. The number of ether oxygens (including phenoxy) is 1. The number of anilines is 1. The lowest BCUT2D eigenvalue weighted by Crippen LogP contribution is -2.44. The largest absolute Gasteiger partial charge is 0.497 e. The second-order valence-electron chi connectivity index (χ2n) is 7.50. The molecule has 0 aliphatic heterocycles. The van der Waals surface area contributed by atoms with E-state index >= 15 is 0 Å². The van der Waals surface area contributed by atoms with E-state index in [9.17, 15) is 14.4 Å². The lowest BCUT2D eigenvalue weighted by Gasteiger charge is -2.24. The van der Waals surface area contributed by atoms with Crippen LogP contribution in [0.25, 0.3) is 0 Å². The Labute approximate surface area is 177 Å². The van der Waals surface area contributed by atoms with Crippen molar-refractivity contribution in [1.82, 2.24) is 10.2 Å². The van der Waals surface area contributed by atoms with Crippen molar-refractivity contribution >= 4 is 23.4 Å². The zero-order chi connectivity index (χ0) is 22.1. The molecule has 0 unspecified atom stereocenters. The van der Waals surface area contributed by atoms with Crippen molar-refractivity contribution in [3.05, 3.63) is 59.7 Å². The highest BCUT2D eigenvalue weighted by atomic mass is 16.5. The van der Waals surface area contributed by atoms with E-state index in [2.05, 4.69) is 10.6 Å². The quantitative estimate of drug-likeness (QED) is 0.664. The summed E-state index contributed by atoms with van der Waals surface area (Å²) in [5, 5.41) is 5.30. The molecule has 0 radical (unpaired) electrons. The van der Waals surface area contributed by atoms with Crippen LogP contribution in [-0.4, -0.2) is 49.4 Å². The first-order valence-corrected chi connectivity index (χ1v) is 9.85. The van der Waals surface area contributed by atoms with Gasteiger partial charge >= 0.3 is 0 Å². The Morgan fingerprint density at radius 2 is 1.60 bits per heavy atom. The van der Waals surface area contributed by atoms with Gasteiger partial charge < -0.3 is 20.3 Å². The molecular weight excluding hydrogens is 382 g/mol. The highest BCUT2D eigenvalue weighted by molar-refractivity contribution is 5.98. The first-order valence-electron chi connectivity index (χ1n) is 9.85. The maximum Gasteiger partial charge on any atom is 0.254 e. The molecule has 0 aromatic heterocycles. The van der Waals surface area contributed by atoms with Crippen LogP contribution in [0.5, 0.6) is 5.75 Å². The number of nitrogens with zero attached hydrogens (tertiary/aromatic N) is 1. The topological polar surface area (TPSA) is 87.7 Å². The van der Waals surface area contributed by atoms with Gasteiger partial charge in [0.15, 0.2) is 0 Å². The number of aryl methyl sites for hydroxylation is 1. The molecule has 0 saturated carbocycles. The molecule has 0 bridgehead atoms. The van der Waals surface area contributed by atoms with Crippen molar-refractivity contribution in [1.29, 1.82) is 0 Å². The van der Waals surface area contributed by atoms with Crippen LogP contribution in [0.2, 0.25) is 0 Å². The van der Waals surface area contributed by atoms with Crippen LogP contribution in [0.1, 0.15) is 29.8 Å². The third-order valence-electron chi connectivity index (χ3n) is 4.33. The highest BCUT2D eigenvalue weighted by Crippen LogP contribution is 2.14. The second kappa shape index (κ2) is 11.0. The van der Waals surface area contributed by atoms with Crippen molar-refractivity contribution < 1.29 is 19.1 Å². The Balaban J connectivity index is 1.92. The Kier molecular flexibility index (Phi) is 8.41. The van der Waals surface area contributed by atoms with Gasteiger partial charge in [-0.25, -0.2) is 0 Å². The van der Waals surface area contributed by atoms with Gasteiger partial charge in [-0.05, 0) is 49.2 Å². The van der Waals surface area contributed by atoms with E-state index in [1.807, 2.05) is 32.9 Å². The van der Waals surface area contributed by atoms with Crippen LogP contribution in [0.4, 0.5) is 5.69 Å². The van der Waals surface area contributed by atoms with Crippen LogP contribution < -0.4 is 15.4 Å².